The molecular weight excluding hydrogens is 510 g/mol. The summed E-state index contributed by atoms with van der Waals surface area (Å²) in [5.74, 6) is -0.743. The first-order valence-corrected chi connectivity index (χ1v) is 14.6. The molecule has 0 radical (unpaired) electrons. The molecule has 0 unspecified atom stereocenters. The van der Waals surface area contributed by atoms with E-state index in [1.54, 1.807) is 24.3 Å². The Morgan fingerprint density at radius 1 is 0.897 bits per heavy atom. The van der Waals surface area contributed by atoms with Crippen molar-refractivity contribution in [2.75, 3.05) is 10.8 Å². The van der Waals surface area contributed by atoms with E-state index >= 15 is 0 Å². The molecule has 0 saturated heterocycles. The first kappa shape index (κ1) is 29.9. The van der Waals surface area contributed by atoms with Crippen molar-refractivity contribution < 1.29 is 18.0 Å². The SMILES string of the molecule is CC[C@@H](C(=O)NC(C)(C)C)N(Cc1ccccc1)C(=O)CN(c1ccc(C)cc1C)S(=O)(=O)c1ccccc1. The van der Waals surface area contributed by atoms with Crippen molar-refractivity contribution in [3.05, 3.63) is 95.6 Å². The fraction of sp³-hybridized carbons (Fsp3) is 0.355. The van der Waals surface area contributed by atoms with Crippen molar-refractivity contribution in [1.29, 1.82) is 0 Å². The first-order chi connectivity index (χ1) is 18.3. The minimum Gasteiger partial charge on any atom is -0.350 e. The maximum absolute atomic E-state index is 14.1. The van der Waals surface area contributed by atoms with E-state index in [-0.39, 0.29) is 17.3 Å². The van der Waals surface area contributed by atoms with Crippen molar-refractivity contribution >= 4 is 27.5 Å². The van der Waals surface area contributed by atoms with E-state index in [4.69, 9.17) is 0 Å². The summed E-state index contributed by atoms with van der Waals surface area (Å²) in [7, 11) is -4.09. The number of nitrogens with zero attached hydrogens (tertiary/aromatic N) is 2. The molecule has 8 heteroatoms. The largest absolute Gasteiger partial charge is 0.350 e. The van der Waals surface area contributed by atoms with E-state index < -0.39 is 34.1 Å². The molecule has 0 aliphatic carbocycles. The third kappa shape index (κ3) is 7.69. The van der Waals surface area contributed by atoms with Gasteiger partial charge in [-0.2, -0.15) is 0 Å². The van der Waals surface area contributed by atoms with Gasteiger partial charge in [0.1, 0.15) is 12.6 Å². The van der Waals surface area contributed by atoms with Crippen LogP contribution in [-0.2, 0) is 26.2 Å². The molecule has 0 bridgehead atoms. The summed E-state index contributed by atoms with van der Waals surface area (Å²) in [5.41, 5.74) is 2.49. The molecule has 7 nitrogen and oxygen atoms in total. The van der Waals surface area contributed by atoms with Crippen LogP contribution in [0.2, 0.25) is 0 Å². The Kier molecular flexibility index (Phi) is 9.56. The van der Waals surface area contributed by atoms with Crippen LogP contribution < -0.4 is 9.62 Å². The predicted molar refractivity (Wildman–Crippen MR) is 156 cm³/mol. The minimum atomic E-state index is -4.09. The number of hydrogen-bond donors (Lipinski definition) is 1. The van der Waals surface area contributed by atoms with Gasteiger partial charge in [0.15, 0.2) is 0 Å². The number of hydrogen-bond acceptors (Lipinski definition) is 4. The Morgan fingerprint density at radius 2 is 1.49 bits per heavy atom. The Labute approximate surface area is 232 Å². The van der Waals surface area contributed by atoms with Gasteiger partial charge >= 0.3 is 0 Å². The average molecular weight is 550 g/mol. The van der Waals surface area contributed by atoms with Gasteiger partial charge in [0.2, 0.25) is 11.8 Å². The van der Waals surface area contributed by atoms with Crippen molar-refractivity contribution in [2.45, 2.75) is 71.0 Å². The second-order valence-electron chi connectivity index (χ2n) is 10.8. The highest BCUT2D eigenvalue weighted by Crippen LogP contribution is 2.28. The number of anilines is 1. The number of carbonyl (C=O) groups is 2. The van der Waals surface area contributed by atoms with Crippen LogP contribution in [0.4, 0.5) is 5.69 Å². The van der Waals surface area contributed by atoms with Gasteiger partial charge in [-0.3, -0.25) is 13.9 Å². The van der Waals surface area contributed by atoms with Crippen molar-refractivity contribution in [3.63, 3.8) is 0 Å². The topological polar surface area (TPSA) is 86.8 Å². The van der Waals surface area contributed by atoms with Crippen molar-refractivity contribution in [3.8, 4) is 0 Å². The molecule has 0 spiro atoms. The molecule has 2 amide bonds. The fourth-order valence-corrected chi connectivity index (χ4v) is 5.97. The van der Waals surface area contributed by atoms with Crippen LogP contribution in [0.1, 0.15) is 50.8 Å². The zero-order valence-corrected chi connectivity index (χ0v) is 24.5. The Balaban J connectivity index is 2.08. The predicted octanol–water partition coefficient (Wildman–Crippen LogP) is 5.22. The molecule has 0 aliphatic rings. The van der Waals surface area contributed by atoms with Gasteiger partial charge in [-0.25, -0.2) is 8.42 Å². The standard InChI is InChI=1S/C31H39N3O4S/c1-7-27(30(36)32-31(4,5)6)33(21-25-14-10-8-11-15-25)29(35)22-34(28-19-18-23(2)20-24(28)3)39(37,38)26-16-12-9-13-17-26/h8-20,27H,7,21-22H2,1-6H3,(H,32,36)/t27-/m0/s1. The van der Waals surface area contributed by atoms with E-state index in [0.717, 1.165) is 21.0 Å². The van der Waals surface area contributed by atoms with E-state index in [2.05, 4.69) is 5.32 Å². The van der Waals surface area contributed by atoms with Crippen LogP contribution in [0.3, 0.4) is 0 Å². The van der Waals surface area contributed by atoms with Crippen LogP contribution in [0.5, 0.6) is 0 Å². The average Bonchev–Trinajstić information content (AvgIpc) is 2.87. The number of nitrogens with one attached hydrogen (secondary N) is 1. The first-order valence-electron chi connectivity index (χ1n) is 13.1. The van der Waals surface area contributed by atoms with E-state index in [1.165, 1.54) is 17.0 Å². The Bertz CT molecular complexity index is 1380. The maximum Gasteiger partial charge on any atom is 0.264 e. The van der Waals surface area contributed by atoms with Crippen molar-refractivity contribution in [2.24, 2.45) is 0 Å². The molecular formula is C31H39N3O4S. The molecule has 0 aliphatic heterocycles. The Morgan fingerprint density at radius 3 is 2.03 bits per heavy atom. The highest BCUT2D eigenvalue weighted by molar-refractivity contribution is 7.92. The molecule has 0 heterocycles. The molecule has 3 rings (SSSR count). The highest BCUT2D eigenvalue weighted by Gasteiger charge is 2.35. The second-order valence-corrected chi connectivity index (χ2v) is 12.6. The highest BCUT2D eigenvalue weighted by atomic mass is 32.2. The number of amides is 2. The number of carbonyl (C=O) groups excluding carboxylic acids is 2. The zero-order chi connectivity index (χ0) is 28.8. The molecule has 208 valence electrons. The lowest BCUT2D eigenvalue weighted by atomic mass is 10.1. The molecule has 1 atom stereocenters. The molecule has 0 fully saturated rings. The number of benzene rings is 3. The van der Waals surface area contributed by atoms with Gasteiger partial charge in [0.25, 0.3) is 10.0 Å². The van der Waals surface area contributed by atoms with E-state index in [1.807, 2.05) is 84.0 Å². The summed E-state index contributed by atoms with van der Waals surface area (Å²) in [6, 6.07) is 22.1. The molecule has 3 aromatic carbocycles. The quantitative estimate of drug-likeness (QED) is 0.376. The van der Waals surface area contributed by atoms with Crippen LogP contribution in [0.25, 0.3) is 0 Å². The van der Waals surface area contributed by atoms with Crippen LogP contribution >= 0.6 is 0 Å². The number of sulfonamides is 1. The molecule has 0 aromatic heterocycles. The number of aryl methyl sites for hydroxylation is 2. The summed E-state index contributed by atoms with van der Waals surface area (Å²) in [6.07, 6.45) is 0.371. The second kappa shape index (κ2) is 12.5. The maximum atomic E-state index is 14.1. The van der Waals surface area contributed by atoms with Crippen LogP contribution in [0.15, 0.2) is 83.8 Å². The van der Waals surface area contributed by atoms with Gasteiger partial charge in [-0.05, 0) is 70.4 Å². The van der Waals surface area contributed by atoms with E-state index in [0.29, 0.717) is 12.1 Å². The smallest absolute Gasteiger partial charge is 0.264 e. The normalized spacial score (nSPS) is 12.5. The zero-order valence-electron chi connectivity index (χ0n) is 23.6. The summed E-state index contributed by atoms with van der Waals surface area (Å²) in [6.45, 7) is 11.0. The van der Waals surface area contributed by atoms with Gasteiger partial charge < -0.3 is 10.2 Å². The van der Waals surface area contributed by atoms with Crippen LogP contribution in [-0.4, -0.2) is 43.3 Å². The molecule has 3 aromatic rings. The molecule has 39 heavy (non-hydrogen) atoms. The monoisotopic (exact) mass is 549 g/mol. The van der Waals surface area contributed by atoms with Crippen molar-refractivity contribution in [1.82, 2.24) is 10.2 Å². The fourth-order valence-electron chi connectivity index (χ4n) is 4.47. The Hall–Kier alpha value is -3.65. The van der Waals surface area contributed by atoms with Gasteiger partial charge in [-0.1, -0.05) is 73.2 Å². The van der Waals surface area contributed by atoms with E-state index in [9.17, 15) is 18.0 Å². The van der Waals surface area contributed by atoms with Gasteiger partial charge in [0, 0.05) is 12.1 Å². The third-order valence-corrected chi connectivity index (χ3v) is 8.08. The lowest BCUT2D eigenvalue weighted by Gasteiger charge is -2.35. The van der Waals surface area contributed by atoms with Crippen LogP contribution in [0, 0.1) is 13.8 Å². The number of rotatable bonds is 10. The minimum absolute atomic E-state index is 0.0879. The van der Waals surface area contributed by atoms with Gasteiger partial charge in [-0.15, -0.1) is 0 Å². The summed E-state index contributed by atoms with van der Waals surface area (Å²) in [4.78, 5) is 29.0. The van der Waals surface area contributed by atoms with Gasteiger partial charge in [0.05, 0.1) is 10.6 Å². The molecule has 1 N–H and O–H groups in total. The third-order valence-electron chi connectivity index (χ3n) is 6.31. The lowest BCUT2D eigenvalue weighted by molar-refractivity contribution is -0.141. The lowest BCUT2D eigenvalue weighted by Crippen LogP contribution is -2.55. The summed E-state index contributed by atoms with van der Waals surface area (Å²) >= 11 is 0. The molecule has 0 saturated carbocycles. The summed E-state index contributed by atoms with van der Waals surface area (Å²) in [5, 5.41) is 2.98. The summed E-state index contributed by atoms with van der Waals surface area (Å²) < 4.78 is 29.0.